The Morgan fingerprint density at radius 1 is 1.03 bits per heavy atom. The van der Waals surface area contributed by atoms with Crippen LogP contribution < -0.4 is 9.47 Å². The molecule has 1 unspecified atom stereocenters. The molecule has 1 fully saturated rings. The van der Waals surface area contributed by atoms with Gasteiger partial charge in [-0.3, -0.25) is 9.89 Å². The Hall–Kier alpha value is -3.34. The zero-order chi connectivity index (χ0) is 21.4. The number of fused-ring (bicyclic) bond motifs is 1. The summed E-state index contributed by atoms with van der Waals surface area (Å²) in [5.74, 6) is 1.70. The van der Waals surface area contributed by atoms with Crippen LogP contribution in [0.2, 0.25) is 0 Å². The molecule has 0 spiro atoms. The number of hydrogen-bond acceptors (Lipinski definition) is 4. The van der Waals surface area contributed by atoms with Gasteiger partial charge in [-0.2, -0.15) is 5.10 Å². The van der Waals surface area contributed by atoms with Crippen LogP contribution in [0, 0.1) is 5.92 Å². The molecule has 0 bridgehead atoms. The molecule has 1 aromatic heterocycles. The minimum Gasteiger partial charge on any atom is -0.493 e. The number of Topliss-reactive ketones (excluding diaryl/α,β-unsaturated/α-hetero) is 1. The lowest BCUT2D eigenvalue weighted by atomic mass is 9.68. The van der Waals surface area contributed by atoms with E-state index in [1.165, 1.54) is 5.56 Å². The summed E-state index contributed by atoms with van der Waals surface area (Å²) in [5.41, 5.74) is 4.37. The predicted octanol–water partition coefficient (Wildman–Crippen LogP) is 4.97. The van der Waals surface area contributed by atoms with Gasteiger partial charge < -0.3 is 9.47 Å². The molecule has 1 heterocycles. The fraction of sp³-hybridized carbons (Fsp3) is 0.308. The van der Waals surface area contributed by atoms with E-state index in [9.17, 15) is 4.79 Å². The topological polar surface area (TPSA) is 64.2 Å². The lowest BCUT2D eigenvalue weighted by Gasteiger charge is -2.35. The number of methoxy groups -OCH3 is 2. The number of benzene rings is 2. The van der Waals surface area contributed by atoms with E-state index >= 15 is 0 Å². The number of aromatic nitrogens is 2. The van der Waals surface area contributed by atoms with Crippen molar-refractivity contribution in [1.29, 1.82) is 0 Å². The minimum atomic E-state index is -0.406. The first-order valence-corrected chi connectivity index (χ1v) is 10.7. The van der Waals surface area contributed by atoms with E-state index in [2.05, 4.69) is 52.7 Å². The van der Waals surface area contributed by atoms with E-state index in [-0.39, 0.29) is 11.7 Å². The van der Waals surface area contributed by atoms with Gasteiger partial charge >= 0.3 is 0 Å². The van der Waals surface area contributed by atoms with Gasteiger partial charge in [-0.15, -0.1) is 0 Å². The molecule has 0 saturated heterocycles. The molecule has 0 amide bonds. The number of aromatic amines is 1. The van der Waals surface area contributed by atoms with E-state index in [0.717, 1.165) is 36.1 Å². The van der Waals surface area contributed by atoms with Crippen LogP contribution in [0.15, 0.2) is 54.6 Å². The first kappa shape index (κ1) is 19.6. The van der Waals surface area contributed by atoms with Crippen molar-refractivity contribution in [3.05, 3.63) is 82.7 Å². The molecule has 1 saturated carbocycles. The summed E-state index contributed by atoms with van der Waals surface area (Å²) in [6, 6.07) is 16.5. The zero-order valence-corrected chi connectivity index (χ0v) is 17.9. The number of hydrogen-bond donors (Lipinski definition) is 1. The minimum absolute atomic E-state index is 0.132. The number of ketones is 1. The van der Waals surface area contributed by atoms with Gasteiger partial charge in [0, 0.05) is 29.0 Å². The normalized spacial score (nSPS) is 20.1. The van der Waals surface area contributed by atoms with Crippen molar-refractivity contribution >= 4 is 11.9 Å². The van der Waals surface area contributed by atoms with Gasteiger partial charge in [0.25, 0.3) is 0 Å². The summed E-state index contributed by atoms with van der Waals surface area (Å²) in [6.45, 7) is 0. The fourth-order valence-corrected chi connectivity index (χ4v) is 4.73. The third-order valence-electron chi connectivity index (χ3n) is 6.77. The molecule has 2 aliphatic rings. The van der Waals surface area contributed by atoms with E-state index in [1.54, 1.807) is 14.2 Å². The largest absolute Gasteiger partial charge is 0.493 e. The summed E-state index contributed by atoms with van der Waals surface area (Å²) >= 11 is 0. The summed E-state index contributed by atoms with van der Waals surface area (Å²) in [7, 11) is 3.29. The molecule has 2 aromatic carbocycles. The van der Waals surface area contributed by atoms with Crippen LogP contribution in [0.4, 0.5) is 0 Å². The number of nitrogens with one attached hydrogen (secondary N) is 1. The van der Waals surface area contributed by atoms with Gasteiger partial charge in [-0.1, -0.05) is 55.0 Å². The Morgan fingerprint density at radius 3 is 2.48 bits per heavy atom. The quantitative estimate of drug-likeness (QED) is 0.579. The van der Waals surface area contributed by atoms with Gasteiger partial charge in [0.1, 0.15) is 5.69 Å². The van der Waals surface area contributed by atoms with Crippen LogP contribution in [-0.4, -0.2) is 30.2 Å². The first-order valence-electron chi connectivity index (χ1n) is 10.7. The number of allylic oxidation sites excluding steroid dienone is 1. The highest BCUT2D eigenvalue weighted by molar-refractivity contribution is 6.00. The van der Waals surface area contributed by atoms with Crippen molar-refractivity contribution in [1.82, 2.24) is 10.2 Å². The third kappa shape index (κ3) is 3.16. The maximum absolute atomic E-state index is 12.9. The molecule has 5 rings (SSSR count). The molecule has 158 valence electrons. The number of H-pyrrole nitrogens is 1. The summed E-state index contributed by atoms with van der Waals surface area (Å²) in [5, 5.41) is 7.62. The second-order valence-electron chi connectivity index (χ2n) is 8.37. The van der Waals surface area contributed by atoms with Gasteiger partial charge in [0.2, 0.25) is 0 Å². The standard InChI is InChI=1S/C26H26N2O3/c1-30-22-12-11-19(15-23(22)31-2)26(18-9-4-3-5-10-18)14-13-20-21(16-26)27-28-24(20)25(29)17-7-6-8-17/h3-5,9-15,17H,6-8,16H2,1-2H3,(H,27,28). The van der Waals surface area contributed by atoms with Crippen molar-refractivity contribution in [3.63, 3.8) is 0 Å². The SMILES string of the molecule is COc1ccc(C2(c3ccccc3)C=Cc3c(C(=O)C4CCC4)n[nH]c3C2)cc1OC. The molecular weight excluding hydrogens is 388 g/mol. The second kappa shape index (κ2) is 7.73. The smallest absolute Gasteiger partial charge is 0.186 e. The van der Waals surface area contributed by atoms with Crippen molar-refractivity contribution in [2.45, 2.75) is 31.1 Å². The molecule has 1 N–H and O–H groups in total. The molecule has 0 aliphatic heterocycles. The molecule has 2 aliphatic carbocycles. The van der Waals surface area contributed by atoms with Gasteiger partial charge in [0.05, 0.1) is 14.2 Å². The highest BCUT2D eigenvalue weighted by Crippen LogP contribution is 2.44. The van der Waals surface area contributed by atoms with E-state index in [1.807, 2.05) is 18.2 Å². The van der Waals surface area contributed by atoms with E-state index in [4.69, 9.17) is 9.47 Å². The van der Waals surface area contributed by atoms with Crippen molar-refractivity contribution in [2.75, 3.05) is 14.2 Å². The molecule has 1 atom stereocenters. The van der Waals surface area contributed by atoms with Crippen molar-refractivity contribution in [3.8, 4) is 11.5 Å². The van der Waals surface area contributed by atoms with Crippen LogP contribution >= 0.6 is 0 Å². The first-order chi connectivity index (χ1) is 15.2. The van der Waals surface area contributed by atoms with E-state index in [0.29, 0.717) is 23.6 Å². The van der Waals surface area contributed by atoms with Crippen LogP contribution in [0.5, 0.6) is 11.5 Å². The Balaban J connectivity index is 1.61. The van der Waals surface area contributed by atoms with E-state index < -0.39 is 5.41 Å². The highest BCUT2D eigenvalue weighted by atomic mass is 16.5. The Bertz CT molecular complexity index is 1140. The second-order valence-corrected chi connectivity index (χ2v) is 8.37. The number of rotatable bonds is 6. The van der Waals surface area contributed by atoms with Crippen molar-refractivity contribution in [2.24, 2.45) is 5.92 Å². The average molecular weight is 415 g/mol. The lowest BCUT2D eigenvalue weighted by molar-refractivity contribution is 0.0849. The molecular formula is C26H26N2O3. The maximum atomic E-state index is 12.9. The maximum Gasteiger partial charge on any atom is 0.186 e. The fourth-order valence-electron chi connectivity index (χ4n) is 4.73. The average Bonchev–Trinajstić information content (AvgIpc) is 3.21. The number of carbonyl (C=O) groups excluding carboxylic acids is 1. The molecule has 5 nitrogen and oxygen atoms in total. The van der Waals surface area contributed by atoms with Crippen LogP contribution in [0.25, 0.3) is 6.08 Å². The summed E-state index contributed by atoms with van der Waals surface area (Å²) in [4.78, 5) is 12.9. The number of carbonyl (C=O) groups is 1. The molecule has 5 heteroatoms. The predicted molar refractivity (Wildman–Crippen MR) is 120 cm³/mol. The van der Waals surface area contributed by atoms with Gasteiger partial charge in [-0.25, -0.2) is 0 Å². The highest BCUT2D eigenvalue weighted by Gasteiger charge is 2.38. The Labute approximate surface area is 182 Å². The van der Waals surface area contributed by atoms with Crippen LogP contribution in [0.3, 0.4) is 0 Å². The summed E-state index contributed by atoms with van der Waals surface area (Å²) < 4.78 is 11.0. The molecule has 0 radical (unpaired) electrons. The summed E-state index contributed by atoms with van der Waals surface area (Å²) in [6.07, 6.45) is 8.04. The monoisotopic (exact) mass is 414 g/mol. The molecule has 31 heavy (non-hydrogen) atoms. The zero-order valence-electron chi connectivity index (χ0n) is 17.9. The van der Waals surface area contributed by atoms with Crippen LogP contribution in [-0.2, 0) is 11.8 Å². The van der Waals surface area contributed by atoms with Gasteiger partial charge in [0.15, 0.2) is 17.3 Å². The van der Waals surface area contributed by atoms with Crippen molar-refractivity contribution < 1.29 is 14.3 Å². The Morgan fingerprint density at radius 2 is 1.81 bits per heavy atom. The lowest BCUT2D eigenvalue weighted by Crippen LogP contribution is -2.31. The number of ether oxygens (including phenoxy) is 2. The Kier molecular flexibility index (Phi) is 4.89. The molecule has 3 aromatic rings. The van der Waals surface area contributed by atoms with Gasteiger partial charge in [-0.05, 0) is 36.1 Å². The third-order valence-corrected chi connectivity index (χ3v) is 6.77. The van der Waals surface area contributed by atoms with Crippen LogP contribution in [0.1, 0.15) is 52.1 Å². The number of nitrogens with zero attached hydrogens (tertiary/aromatic N) is 1.